The van der Waals surface area contributed by atoms with Gasteiger partial charge >= 0.3 is 59.1 Å². The predicted molar refractivity (Wildman–Crippen MR) is 74.2 cm³/mol. The Bertz CT molecular complexity index is 199. The fraction of sp³-hybridized carbons (Fsp3) is 0.857. The van der Waals surface area contributed by atoms with Crippen LogP contribution in [0.1, 0.15) is 46.5 Å². The Hall–Kier alpha value is 0.820. The molecule has 0 saturated carbocycles. The molecule has 0 rings (SSSR count). The Balaban J connectivity index is -0.0000000909. The number of hydrogen-bond acceptors (Lipinski definition) is 7. The minimum absolute atomic E-state index is 0. The molecule has 0 aliphatic carbocycles. The number of ether oxygens (including phenoxy) is 2. The number of unbranched alkanes of at least 4 members (excludes halogenated alkanes) is 3. The summed E-state index contributed by atoms with van der Waals surface area (Å²) < 4.78 is 10.4. The summed E-state index contributed by atoms with van der Waals surface area (Å²) in [4.78, 5) is 17.8. The van der Waals surface area contributed by atoms with Crippen LogP contribution in [-0.2, 0) is 19.1 Å². The van der Waals surface area contributed by atoms with E-state index in [1.807, 2.05) is 0 Å². The molecule has 0 amide bonds. The third-order valence-electron chi connectivity index (χ3n) is 1.75. The van der Waals surface area contributed by atoms with Gasteiger partial charge in [0.2, 0.25) is 0 Å². The van der Waals surface area contributed by atoms with Crippen LogP contribution in [0.5, 0.6) is 0 Å². The first-order valence-electron chi connectivity index (χ1n) is 6.99. The van der Waals surface area contributed by atoms with Gasteiger partial charge in [-0.3, -0.25) is 0 Å². The van der Waals surface area contributed by atoms with E-state index in [1.54, 1.807) is 0 Å². The second kappa shape index (κ2) is 34.2. The summed E-state index contributed by atoms with van der Waals surface area (Å²) >= 11 is 0. The van der Waals surface area contributed by atoms with Crippen LogP contribution < -0.4 is 69.3 Å². The smallest absolute Gasteiger partial charge is 0.550 e. The van der Waals surface area contributed by atoms with Gasteiger partial charge in [-0.15, -0.1) is 0 Å². The predicted octanol–water partition coefficient (Wildman–Crippen LogP) is -6.89. The monoisotopic (exact) mass is 354 g/mol. The van der Waals surface area contributed by atoms with E-state index in [0.717, 1.165) is 26.9 Å². The molecule has 23 heavy (non-hydrogen) atoms. The van der Waals surface area contributed by atoms with Crippen LogP contribution in [0.15, 0.2) is 0 Å². The average Bonchev–Trinajstić information content (AvgIpc) is 2.35. The summed E-state index contributed by atoms with van der Waals surface area (Å²) in [6.45, 7) is 6.72. The van der Waals surface area contributed by atoms with Gasteiger partial charge in [-0.2, -0.15) is 0 Å². The SMILES string of the molecule is CC(=O)[O-].CC(=O)[O-].CCCCCCOCCOCCO.[Na+].[Na+]. The van der Waals surface area contributed by atoms with Gasteiger partial charge in [0.25, 0.3) is 0 Å². The van der Waals surface area contributed by atoms with Crippen molar-refractivity contribution < 1.29 is 93.5 Å². The van der Waals surface area contributed by atoms with E-state index < -0.39 is 11.9 Å². The van der Waals surface area contributed by atoms with Gasteiger partial charge < -0.3 is 34.4 Å². The summed E-state index contributed by atoms with van der Waals surface area (Å²) in [5.74, 6) is -2.17. The molecule has 0 radical (unpaired) electrons. The number of carboxylic acids is 2. The number of aliphatic hydroxyl groups is 1. The zero-order valence-corrected chi connectivity index (χ0v) is 19.3. The Morgan fingerprint density at radius 1 is 0.826 bits per heavy atom. The first-order valence-corrected chi connectivity index (χ1v) is 6.99. The summed E-state index contributed by atoms with van der Waals surface area (Å²) in [5, 5.41) is 26.2. The molecular formula is C14H28Na2O7. The molecule has 0 bridgehead atoms. The van der Waals surface area contributed by atoms with E-state index in [1.165, 1.54) is 19.3 Å². The molecule has 0 unspecified atom stereocenters. The molecule has 0 aromatic rings. The molecule has 9 heteroatoms. The van der Waals surface area contributed by atoms with Crippen molar-refractivity contribution in [3.63, 3.8) is 0 Å². The van der Waals surface area contributed by atoms with Crippen LogP contribution in [0.2, 0.25) is 0 Å². The normalized spacial score (nSPS) is 8.17. The molecule has 0 heterocycles. The average molecular weight is 354 g/mol. The van der Waals surface area contributed by atoms with Gasteiger partial charge in [0, 0.05) is 18.5 Å². The minimum Gasteiger partial charge on any atom is -0.550 e. The number of carbonyl (C=O) groups is 2. The second-order valence-corrected chi connectivity index (χ2v) is 3.99. The Kier molecular flexibility index (Phi) is 52.1. The standard InChI is InChI=1S/C10H22O3.2C2H4O2.2Na/c1-2-3-4-5-7-12-9-10-13-8-6-11;2*1-2(3)4;;/h11H,2-10H2,1H3;2*1H3,(H,3,4);;/q;;;2*+1/p-2. The van der Waals surface area contributed by atoms with E-state index in [2.05, 4.69) is 6.92 Å². The minimum atomic E-state index is -1.08. The molecule has 0 atom stereocenters. The van der Waals surface area contributed by atoms with E-state index in [9.17, 15) is 0 Å². The van der Waals surface area contributed by atoms with Crippen LogP contribution >= 0.6 is 0 Å². The van der Waals surface area contributed by atoms with Crippen molar-refractivity contribution in [3.8, 4) is 0 Å². The van der Waals surface area contributed by atoms with Crippen molar-refractivity contribution in [3.05, 3.63) is 0 Å². The van der Waals surface area contributed by atoms with Crippen molar-refractivity contribution in [2.24, 2.45) is 0 Å². The van der Waals surface area contributed by atoms with Crippen LogP contribution in [0.25, 0.3) is 0 Å². The third kappa shape index (κ3) is 84.5. The van der Waals surface area contributed by atoms with Gasteiger partial charge in [0.15, 0.2) is 0 Å². The molecular weight excluding hydrogens is 326 g/mol. The molecule has 0 aromatic heterocycles. The number of aliphatic carboxylic acids is 2. The van der Waals surface area contributed by atoms with Gasteiger partial charge in [0.05, 0.1) is 26.4 Å². The first kappa shape index (κ1) is 35.0. The van der Waals surface area contributed by atoms with Crippen LogP contribution in [0.3, 0.4) is 0 Å². The zero-order valence-electron chi connectivity index (χ0n) is 15.3. The van der Waals surface area contributed by atoms with E-state index in [0.29, 0.717) is 19.8 Å². The Morgan fingerprint density at radius 2 is 1.22 bits per heavy atom. The van der Waals surface area contributed by atoms with E-state index in [-0.39, 0.29) is 65.7 Å². The van der Waals surface area contributed by atoms with Crippen LogP contribution in [0, 0.1) is 0 Å². The number of hydrogen-bond donors (Lipinski definition) is 1. The fourth-order valence-corrected chi connectivity index (χ4v) is 1.02. The van der Waals surface area contributed by atoms with Crippen molar-refractivity contribution >= 4 is 11.9 Å². The van der Waals surface area contributed by atoms with Gasteiger partial charge in [-0.1, -0.05) is 26.2 Å². The number of carboxylic acid groups (broad SMARTS) is 2. The second-order valence-electron chi connectivity index (χ2n) is 3.99. The van der Waals surface area contributed by atoms with Crippen molar-refractivity contribution in [1.29, 1.82) is 0 Å². The fourth-order valence-electron chi connectivity index (χ4n) is 1.02. The summed E-state index contributed by atoms with van der Waals surface area (Å²) in [6.07, 6.45) is 4.96. The molecule has 0 aliphatic heterocycles. The van der Waals surface area contributed by atoms with Gasteiger partial charge in [-0.25, -0.2) is 0 Å². The molecule has 0 aliphatic rings. The maximum atomic E-state index is 8.89. The Labute approximate surface area is 183 Å². The largest absolute Gasteiger partial charge is 1.00 e. The van der Waals surface area contributed by atoms with Gasteiger partial charge in [0.1, 0.15) is 0 Å². The van der Waals surface area contributed by atoms with Crippen molar-refractivity contribution in [2.45, 2.75) is 46.5 Å². The topological polar surface area (TPSA) is 119 Å². The van der Waals surface area contributed by atoms with E-state index >= 15 is 0 Å². The quantitative estimate of drug-likeness (QED) is 0.306. The van der Waals surface area contributed by atoms with Gasteiger partial charge in [-0.05, 0) is 20.3 Å². The summed E-state index contributed by atoms with van der Waals surface area (Å²) in [7, 11) is 0. The van der Waals surface area contributed by atoms with Crippen molar-refractivity contribution in [1.82, 2.24) is 0 Å². The number of aliphatic hydroxyl groups excluding tert-OH is 1. The van der Waals surface area contributed by atoms with Crippen molar-refractivity contribution in [2.75, 3.05) is 33.0 Å². The van der Waals surface area contributed by atoms with Crippen LogP contribution in [-0.4, -0.2) is 50.1 Å². The molecule has 0 fully saturated rings. The maximum Gasteiger partial charge on any atom is 1.00 e. The number of rotatable bonds is 10. The Morgan fingerprint density at radius 3 is 1.57 bits per heavy atom. The maximum absolute atomic E-state index is 8.89. The summed E-state index contributed by atoms with van der Waals surface area (Å²) in [6, 6.07) is 0. The molecule has 0 aromatic carbocycles. The molecule has 128 valence electrons. The molecule has 0 spiro atoms. The number of carbonyl (C=O) groups excluding carboxylic acids is 2. The van der Waals surface area contributed by atoms with E-state index in [4.69, 9.17) is 34.4 Å². The molecule has 1 N–H and O–H groups in total. The zero-order chi connectivity index (χ0) is 16.9. The molecule has 7 nitrogen and oxygen atoms in total. The molecule has 0 saturated heterocycles. The third-order valence-corrected chi connectivity index (χ3v) is 1.75. The summed E-state index contributed by atoms with van der Waals surface area (Å²) in [5.41, 5.74) is 0. The van der Waals surface area contributed by atoms with Crippen LogP contribution in [0.4, 0.5) is 0 Å². The first-order chi connectivity index (χ1) is 9.88.